The van der Waals surface area contributed by atoms with E-state index in [1.54, 1.807) is 12.3 Å². The van der Waals surface area contributed by atoms with Crippen molar-refractivity contribution in [3.8, 4) is 0 Å². The highest BCUT2D eigenvalue weighted by Crippen LogP contribution is 2.20. The van der Waals surface area contributed by atoms with Crippen molar-refractivity contribution in [1.82, 2.24) is 0 Å². The Balaban J connectivity index is 2.04. The van der Waals surface area contributed by atoms with E-state index in [4.69, 9.17) is 16.7 Å². The molecule has 0 atom stereocenters. The van der Waals surface area contributed by atoms with Gasteiger partial charge in [0.1, 0.15) is 0 Å². The van der Waals surface area contributed by atoms with Crippen molar-refractivity contribution < 1.29 is 9.90 Å². The molecule has 5 nitrogen and oxygen atoms in total. The van der Waals surface area contributed by atoms with Gasteiger partial charge in [-0.25, -0.2) is 4.79 Å². The van der Waals surface area contributed by atoms with Gasteiger partial charge in [0.2, 0.25) is 0 Å². The third kappa shape index (κ3) is 4.49. The number of rotatable bonds is 7. The van der Waals surface area contributed by atoms with Crippen molar-refractivity contribution in [3.05, 3.63) is 58.6 Å². The van der Waals surface area contributed by atoms with Crippen molar-refractivity contribution in [2.75, 3.05) is 23.4 Å². The van der Waals surface area contributed by atoms with Crippen molar-refractivity contribution in [2.24, 2.45) is 5.10 Å². The summed E-state index contributed by atoms with van der Waals surface area (Å²) in [6.07, 6.45) is 1.68. The molecule has 0 aliphatic rings. The number of carboxylic acid groups (broad SMARTS) is 1. The molecule has 0 aliphatic carbocycles. The van der Waals surface area contributed by atoms with Gasteiger partial charge in [0.25, 0.3) is 0 Å². The van der Waals surface area contributed by atoms with Gasteiger partial charge in [-0.15, -0.1) is 0 Å². The zero-order valence-corrected chi connectivity index (χ0v) is 14.4. The van der Waals surface area contributed by atoms with E-state index < -0.39 is 5.97 Å². The second-order valence-corrected chi connectivity index (χ2v) is 5.54. The minimum atomic E-state index is -1.07. The molecule has 0 heterocycles. The van der Waals surface area contributed by atoms with E-state index in [-0.39, 0.29) is 10.6 Å². The van der Waals surface area contributed by atoms with E-state index >= 15 is 0 Å². The van der Waals surface area contributed by atoms with Crippen molar-refractivity contribution in [1.29, 1.82) is 0 Å². The van der Waals surface area contributed by atoms with Gasteiger partial charge >= 0.3 is 5.97 Å². The molecule has 0 bridgehead atoms. The summed E-state index contributed by atoms with van der Waals surface area (Å²) in [6.45, 7) is 6.18. The molecule has 2 aromatic rings. The molecule has 2 rings (SSSR count). The molecule has 0 saturated heterocycles. The minimum Gasteiger partial charge on any atom is -0.478 e. The molecule has 0 unspecified atom stereocenters. The fraction of sp³-hybridized carbons (Fsp3) is 0.222. The number of hydrazone groups is 1. The Labute approximate surface area is 146 Å². The Bertz CT molecular complexity index is 726. The van der Waals surface area contributed by atoms with Gasteiger partial charge < -0.3 is 10.0 Å². The molecule has 0 fully saturated rings. The normalized spacial score (nSPS) is 10.8. The highest BCUT2D eigenvalue weighted by Gasteiger charge is 2.08. The molecule has 0 aliphatic heterocycles. The maximum Gasteiger partial charge on any atom is 0.337 e. The lowest BCUT2D eigenvalue weighted by atomic mass is 10.2. The third-order valence-electron chi connectivity index (χ3n) is 3.63. The van der Waals surface area contributed by atoms with E-state index in [9.17, 15) is 4.79 Å². The number of aromatic carboxylic acids is 1. The number of anilines is 2. The SMILES string of the molecule is CCN(CC)c1ccc(/C=N\Nc2ccc(Cl)c(C(=O)O)c2)cc1. The molecule has 0 saturated carbocycles. The first-order valence-electron chi connectivity index (χ1n) is 7.72. The van der Waals surface area contributed by atoms with Gasteiger partial charge in [-0.3, -0.25) is 5.43 Å². The summed E-state index contributed by atoms with van der Waals surface area (Å²) in [7, 11) is 0. The zero-order valence-electron chi connectivity index (χ0n) is 13.7. The maximum atomic E-state index is 11.1. The van der Waals surface area contributed by atoms with Crippen LogP contribution in [0.5, 0.6) is 0 Å². The number of hydrogen-bond donors (Lipinski definition) is 2. The second-order valence-electron chi connectivity index (χ2n) is 5.13. The van der Waals surface area contributed by atoms with Gasteiger partial charge in [-0.05, 0) is 49.7 Å². The van der Waals surface area contributed by atoms with Crippen LogP contribution in [0.25, 0.3) is 0 Å². The Hall–Kier alpha value is -2.53. The predicted molar refractivity (Wildman–Crippen MR) is 99.6 cm³/mol. The Morgan fingerprint density at radius 2 is 1.88 bits per heavy atom. The molecule has 126 valence electrons. The number of halogens is 1. The lowest BCUT2D eigenvalue weighted by molar-refractivity contribution is 0.0697. The largest absolute Gasteiger partial charge is 0.478 e. The van der Waals surface area contributed by atoms with Crippen LogP contribution in [0.2, 0.25) is 5.02 Å². The number of carbonyl (C=O) groups is 1. The number of nitrogens with zero attached hydrogens (tertiary/aromatic N) is 2. The fourth-order valence-electron chi connectivity index (χ4n) is 2.30. The summed E-state index contributed by atoms with van der Waals surface area (Å²) in [6, 6.07) is 12.7. The Morgan fingerprint density at radius 1 is 1.21 bits per heavy atom. The average Bonchev–Trinajstić information content (AvgIpc) is 2.58. The van der Waals surface area contributed by atoms with Crippen LogP contribution in [0.3, 0.4) is 0 Å². The third-order valence-corrected chi connectivity index (χ3v) is 3.96. The minimum absolute atomic E-state index is 0.0421. The molecular weight excluding hydrogens is 326 g/mol. The molecule has 0 spiro atoms. The second kappa shape index (κ2) is 8.36. The van der Waals surface area contributed by atoms with Crippen LogP contribution in [-0.2, 0) is 0 Å². The van der Waals surface area contributed by atoms with E-state index in [0.717, 1.165) is 18.7 Å². The molecule has 0 radical (unpaired) electrons. The first-order valence-corrected chi connectivity index (χ1v) is 8.09. The van der Waals surface area contributed by atoms with Crippen LogP contribution in [0.15, 0.2) is 47.6 Å². The zero-order chi connectivity index (χ0) is 17.5. The van der Waals surface area contributed by atoms with Crippen LogP contribution in [-0.4, -0.2) is 30.4 Å². The van der Waals surface area contributed by atoms with Crippen LogP contribution in [0.4, 0.5) is 11.4 Å². The molecular formula is C18H20ClN3O2. The smallest absolute Gasteiger partial charge is 0.337 e. The van der Waals surface area contributed by atoms with Crippen LogP contribution in [0, 0.1) is 0 Å². The number of benzene rings is 2. The van der Waals surface area contributed by atoms with Crippen molar-refractivity contribution >= 4 is 35.2 Å². The van der Waals surface area contributed by atoms with Gasteiger partial charge in [-0.1, -0.05) is 23.7 Å². The number of hydrogen-bond acceptors (Lipinski definition) is 4. The van der Waals surface area contributed by atoms with Gasteiger partial charge in [0.15, 0.2) is 0 Å². The Morgan fingerprint density at radius 3 is 2.46 bits per heavy atom. The van der Waals surface area contributed by atoms with E-state index in [0.29, 0.717) is 5.69 Å². The highest BCUT2D eigenvalue weighted by molar-refractivity contribution is 6.33. The first-order chi connectivity index (χ1) is 11.5. The lowest BCUT2D eigenvalue weighted by Gasteiger charge is -2.20. The van der Waals surface area contributed by atoms with Crippen molar-refractivity contribution in [3.63, 3.8) is 0 Å². The fourth-order valence-corrected chi connectivity index (χ4v) is 2.50. The van der Waals surface area contributed by atoms with Gasteiger partial charge in [-0.2, -0.15) is 5.10 Å². The average molecular weight is 346 g/mol. The maximum absolute atomic E-state index is 11.1. The molecule has 6 heteroatoms. The van der Waals surface area contributed by atoms with Crippen LogP contribution < -0.4 is 10.3 Å². The number of nitrogens with one attached hydrogen (secondary N) is 1. The van der Waals surface area contributed by atoms with Gasteiger partial charge in [0.05, 0.1) is 22.5 Å². The summed E-state index contributed by atoms with van der Waals surface area (Å²) in [5.41, 5.74) is 5.54. The molecule has 2 N–H and O–H groups in total. The van der Waals surface area contributed by atoms with E-state index in [2.05, 4.69) is 41.4 Å². The van der Waals surface area contributed by atoms with Crippen LogP contribution >= 0.6 is 11.6 Å². The molecule has 0 amide bonds. The quantitative estimate of drug-likeness (QED) is 0.579. The summed E-state index contributed by atoms with van der Waals surface area (Å²) < 4.78 is 0. The molecule has 2 aromatic carbocycles. The van der Waals surface area contributed by atoms with Gasteiger partial charge in [0, 0.05) is 18.8 Å². The summed E-state index contributed by atoms with van der Waals surface area (Å²) in [5, 5.41) is 13.4. The monoisotopic (exact) mass is 345 g/mol. The number of carboxylic acids is 1. The Kier molecular flexibility index (Phi) is 6.21. The summed E-state index contributed by atoms with van der Waals surface area (Å²) >= 11 is 5.83. The van der Waals surface area contributed by atoms with E-state index in [1.165, 1.54) is 17.8 Å². The first kappa shape index (κ1) is 17.8. The van der Waals surface area contributed by atoms with Crippen LogP contribution in [0.1, 0.15) is 29.8 Å². The van der Waals surface area contributed by atoms with Crippen molar-refractivity contribution in [2.45, 2.75) is 13.8 Å². The lowest BCUT2D eigenvalue weighted by Crippen LogP contribution is -2.21. The predicted octanol–water partition coefficient (Wildman–Crippen LogP) is 4.33. The molecule has 0 aromatic heterocycles. The highest BCUT2D eigenvalue weighted by atomic mass is 35.5. The summed E-state index contributed by atoms with van der Waals surface area (Å²) in [4.78, 5) is 13.3. The molecule has 24 heavy (non-hydrogen) atoms. The standard InChI is InChI=1S/C18H20ClN3O2/c1-3-22(4-2)15-8-5-13(6-9-15)12-20-21-14-7-10-17(19)16(11-14)18(23)24/h5-12,21H,3-4H2,1-2H3,(H,23,24)/b20-12-. The topological polar surface area (TPSA) is 64.9 Å². The van der Waals surface area contributed by atoms with E-state index in [1.807, 2.05) is 12.1 Å². The summed E-state index contributed by atoms with van der Waals surface area (Å²) in [5.74, 6) is -1.07.